The summed E-state index contributed by atoms with van der Waals surface area (Å²) in [5.74, 6) is -0.287. The third-order valence-electron chi connectivity index (χ3n) is 0.553. The summed E-state index contributed by atoms with van der Waals surface area (Å²) in [6, 6.07) is 0. The fourth-order valence-electron chi connectivity index (χ4n) is 0.221. The molecule has 0 amide bonds. The lowest BCUT2D eigenvalue weighted by Gasteiger charge is -1.82. The van der Waals surface area contributed by atoms with Gasteiger partial charge in [0.1, 0.15) is 0 Å². The highest BCUT2D eigenvalue weighted by molar-refractivity contribution is 7.96. The van der Waals surface area contributed by atoms with Crippen molar-refractivity contribution in [2.24, 2.45) is 0 Å². The summed E-state index contributed by atoms with van der Waals surface area (Å²) >= 11 is 3.38. The Morgan fingerprint density at radius 2 is 2.12 bits per heavy atom. The number of hydrogen-bond acceptors (Lipinski definition) is 2. The molecule has 44 valence electrons. The average Bonchev–Trinajstić information content (AvgIpc) is 1.65. The Morgan fingerprint density at radius 3 is 2.25 bits per heavy atom. The molecule has 0 unspecified atom stereocenters. The van der Waals surface area contributed by atoms with Crippen molar-refractivity contribution in [2.45, 2.75) is 6.42 Å². The Morgan fingerprint density at radius 1 is 1.62 bits per heavy atom. The Bertz CT molecular complexity index is 128. The van der Waals surface area contributed by atoms with Crippen molar-refractivity contribution in [3.8, 4) is 0 Å². The number of thiol groups is 1. The zero-order valence-corrected chi connectivity index (χ0v) is 5.15. The fraction of sp³-hybridized carbons (Fsp3) is 0.200. The maximum absolute atomic E-state index is 10.2. The van der Waals surface area contributed by atoms with Crippen LogP contribution >= 0.6 is 12.6 Å². The molecule has 0 aliphatic carbocycles. The number of carbonyl (C=O) groups excluding carboxylic acids is 2. The molecule has 0 N–H and O–H groups in total. The molecule has 0 saturated carbocycles. The summed E-state index contributed by atoms with van der Waals surface area (Å²) in [5, 5.41) is -0.421. The zero-order chi connectivity index (χ0) is 6.57. The largest absolute Gasteiger partial charge is 0.294 e. The van der Waals surface area contributed by atoms with Crippen LogP contribution in [-0.4, -0.2) is 10.9 Å². The molecule has 0 heterocycles. The van der Waals surface area contributed by atoms with E-state index < -0.39 is 5.12 Å². The summed E-state index contributed by atoms with van der Waals surface area (Å²) < 4.78 is 0. The molecule has 0 aliphatic heterocycles. The van der Waals surface area contributed by atoms with Crippen molar-refractivity contribution in [2.75, 3.05) is 0 Å². The normalized spacial score (nSPS) is 8.12. The van der Waals surface area contributed by atoms with Gasteiger partial charge < -0.3 is 0 Å². The van der Waals surface area contributed by atoms with Gasteiger partial charge in [-0.05, 0) is 6.08 Å². The van der Waals surface area contributed by atoms with E-state index in [2.05, 4.69) is 19.2 Å². The summed E-state index contributed by atoms with van der Waals surface area (Å²) in [7, 11) is 0. The summed E-state index contributed by atoms with van der Waals surface area (Å²) in [6.45, 7) is 3.18. The molecule has 0 aliphatic rings. The Labute approximate surface area is 53.0 Å². The lowest BCUT2D eigenvalue weighted by molar-refractivity contribution is -0.119. The van der Waals surface area contributed by atoms with Crippen LogP contribution in [-0.2, 0) is 9.59 Å². The third-order valence-corrected chi connectivity index (χ3v) is 0.711. The predicted molar refractivity (Wildman–Crippen MR) is 33.8 cm³/mol. The van der Waals surface area contributed by atoms with E-state index in [0.29, 0.717) is 0 Å². The topological polar surface area (TPSA) is 34.1 Å². The zero-order valence-electron chi connectivity index (χ0n) is 4.26. The van der Waals surface area contributed by atoms with Crippen LogP contribution in [0.4, 0.5) is 0 Å². The first-order chi connectivity index (χ1) is 3.66. The van der Waals surface area contributed by atoms with E-state index in [9.17, 15) is 9.59 Å². The van der Waals surface area contributed by atoms with Crippen molar-refractivity contribution in [1.82, 2.24) is 0 Å². The van der Waals surface area contributed by atoms with Crippen molar-refractivity contribution in [3.05, 3.63) is 12.7 Å². The van der Waals surface area contributed by atoms with Gasteiger partial charge in [-0.2, -0.15) is 0 Å². The monoisotopic (exact) mass is 130 g/mol. The molecule has 0 spiro atoms. The van der Waals surface area contributed by atoms with Crippen LogP contribution < -0.4 is 0 Å². The van der Waals surface area contributed by atoms with Gasteiger partial charge in [0.25, 0.3) is 0 Å². The van der Waals surface area contributed by atoms with Crippen molar-refractivity contribution in [1.29, 1.82) is 0 Å². The van der Waals surface area contributed by atoms with Crippen LogP contribution in [0.5, 0.6) is 0 Å². The van der Waals surface area contributed by atoms with Gasteiger partial charge in [0.05, 0.1) is 6.42 Å². The Kier molecular flexibility index (Phi) is 3.19. The highest BCUT2D eigenvalue weighted by Crippen LogP contribution is 1.88. The van der Waals surface area contributed by atoms with Crippen LogP contribution in [0.3, 0.4) is 0 Å². The number of carbonyl (C=O) groups is 2. The van der Waals surface area contributed by atoms with Gasteiger partial charge >= 0.3 is 0 Å². The molecule has 0 aromatic carbocycles. The minimum atomic E-state index is -0.421. The molecule has 0 bridgehead atoms. The second-order valence-corrected chi connectivity index (χ2v) is 1.74. The molecule has 2 nitrogen and oxygen atoms in total. The van der Waals surface area contributed by atoms with E-state index >= 15 is 0 Å². The van der Waals surface area contributed by atoms with E-state index in [-0.39, 0.29) is 12.2 Å². The Hall–Kier alpha value is -0.570. The van der Waals surface area contributed by atoms with Crippen LogP contribution in [0.2, 0.25) is 0 Å². The number of hydrogen-bond donors (Lipinski definition) is 1. The van der Waals surface area contributed by atoms with E-state index in [1.54, 1.807) is 0 Å². The molecule has 0 fully saturated rings. The van der Waals surface area contributed by atoms with Crippen molar-refractivity contribution >= 4 is 23.5 Å². The number of ketones is 1. The van der Waals surface area contributed by atoms with Crippen LogP contribution in [0.1, 0.15) is 6.42 Å². The molecular weight excluding hydrogens is 124 g/mol. The third kappa shape index (κ3) is 3.61. The first-order valence-electron chi connectivity index (χ1n) is 2.04. The molecular formula is C5H6O2S. The first-order valence-corrected chi connectivity index (χ1v) is 2.48. The van der Waals surface area contributed by atoms with Gasteiger partial charge in [0, 0.05) is 0 Å². The second kappa shape index (κ2) is 3.43. The highest BCUT2D eigenvalue weighted by Gasteiger charge is 1.98. The van der Waals surface area contributed by atoms with Gasteiger partial charge in [-0.1, -0.05) is 6.58 Å². The minimum absolute atomic E-state index is 0.146. The molecule has 0 saturated heterocycles. The summed E-state index contributed by atoms with van der Waals surface area (Å²) in [5.41, 5.74) is 0. The van der Waals surface area contributed by atoms with E-state index in [1.807, 2.05) is 0 Å². The SMILES string of the molecule is C=CC(=O)CC(=O)S. The molecule has 0 aromatic rings. The molecule has 0 radical (unpaired) electrons. The fourth-order valence-corrected chi connectivity index (χ4v) is 0.377. The molecule has 3 heteroatoms. The average molecular weight is 130 g/mol. The number of rotatable bonds is 3. The van der Waals surface area contributed by atoms with Gasteiger partial charge in [-0.3, -0.25) is 9.59 Å². The van der Waals surface area contributed by atoms with Crippen molar-refractivity contribution < 1.29 is 9.59 Å². The second-order valence-electron chi connectivity index (χ2n) is 1.24. The lowest BCUT2D eigenvalue weighted by atomic mass is 10.3. The Balaban J connectivity index is 3.55. The lowest BCUT2D eigenvalue weighted by Crippen LogP contribution is -1.96. The summed E-state index contributed by atoms with van der Waals surface area (Å²) in [4.78, 5) is 20.2. The highest BCUT2D eigenvalue weighted by atomic mass is 32.1. The van der Waals surface area contributed by atoms with Crippen LogP contribution in [0, 0.1) is 0 Å². The predicted octanol–water partition coefficient (Wildman–Crippen LogP) is 0.588. The van der Waals surface area contributed by atoms with Gasteiger partial charge in [0.15, 0.2) is 10.9 Å². The maximum atomic E-state index is 10.2. The van der Waals surface area contributed by atoms with Gasteiger partial charge in [0.2, 0.25) is 0 Å². The standard InChI is InChI=1S/C5H6O2S/c1-2-4(6)3-5(7)8/h2H,1,3H2,(H,7,8). The molecule has 0 atom stereocenters. The summed E-state index contributed by atoms with van der Waals surface area (Å²) in [6.07, 6.45) is 0.959. The minimum Gasteiger partial charge on any atom is -0.294 e. The molecule has 0 rings (SSSR count). The first kappa shape index (κ1) is 7.43. The van der Waals surface area contributed by atoms with Gasteiger partial charge in [-0.25, -0.2) is 0 Å². The van der Waals surface area contributed by atoms with Gasteiger partial charge in [-0.15, -0.1) is 12.6 Å². The molecule has 8 heavy (non-hydrogen) atoms. The maximum Gasteiger partial charge on any atom is 0.193 e. The van der Waals surface area contributed by atoms with E-state index in [0.717, 1.165) is 6.08 Å². The van der Waals surface area contributed by atoms with E-state index in [1.165, 1.54) is 0 Å². The van der Waals surface area contributed by atoms with Crippen LogP contribution in [0.15, 0.2) is 12.7 Å². The number of allylic oxidation sites excluding steroid dienone is 1. The smallest absolute Gasteiger partial charge is 0.193 e. The molecule has 0 aromatic heterocycles. The quantitative estimate of drug-likeness (QED) is 0.344. The van der Waals surface area contributed by atoms with Crippen molar-refractivity contribution in [3.63, 3.8) is 0 Å². The van der Waals surface area contributed by atoms with E-state index in [4.69, 9.17) is 0 Å². The van der Waals surface area contributed by atoms with Crippen LogP contribution in [0.25, 0.3) is 0 Å².